The van der Waals surface area contributed by atoms with E-state index in [0.717, 1.165) is 12.2 Å². The maximum absolute atomic E-state index is 6.31. The van der Waals surface area contributed by atoms with Gasteiger partial charge in [0, 0.05) is 18.3 Å². The van der Waals surface area contributed by atoms with Gasteiger partial charge in [0.05, 0.1) is 11.7 Å². The Kier molecular flexibility index (Phi) is 4.32. The number of hydrogen-bond acceptors (Lipinski definition) is 3. The van der Waals surface area contributed by atoms with Gasteiger partial charge in [-0.05, 0) is 44.0 Å². The lowest BCUT2D eigenvalue weighted by Gasteiger charge is -2.35. The summed E-state index contributed by atoms with van der Waals surface area (Å²) >= 11 is 0. The Balaban J connectivity index is 1.92. The van der Waals surface area contributed by atoms with Crippen molar-refractivity contribution >= 4 is 0 Å². The number of likely N-dealkylation sites (tertiary alicyclic amines) is 1. The van der Waals surface area contributed by atoms with Gasteiger partial charge in [-0.25, -0.2) is 0 Å². The second kappa shape index (κ2) is 6.37. The average Bonchev–Trinajstić information content (AvgIpc) is 2.98. The minimum absolute atomic E-state index is 0.0595. The van der Waals surface area contributed by atoms with Crippen LogP contribution in [0.3, 0.4) is 0 Å². The predicted octanol–water partition coefficient (Wildman–Crippen LogP) is 3.31. The third kappa shape index (κ3) is 2.99. The molecule has 0 radical (unpaired) electrons. The zero-order chi connectivity index (χ0) is 14.7. The van der Waals surface area contributed by atoms with Gasteiger partial charge in [0.1, 0.15) is 0 Å². The van der Waals surface area contributed by atoms with E-state index >= 15 is 0 Å². The summed E-state index contributed by atoms with van der Waals surface area (Å²) in [5.74, 6) is 0. The molecule has 0 aliphatic carbocycles. The van der Waals surface area contributed by atoms with E-state index in [9.17, 15) is 0 Å². The van der Waals surface area contributed by atoms with Crippen LogP contribution >= 0.6 is 0 Å². The number of nitrogens with two attached hydrogens (primary N) is 1. The number of nitrogens with zero attached hydrogens (tertiary/aromatic N) is 2. The predicted molar refractivity (Wildman–Crippen MR) is 85.8 cm³/mol. The van der Waals surface area contributed by atoms with Crippen molar-refractivity contribution in [3.05, 3.63) is 66.0 Å². The fourth-order valence-electron chi connectivity index (χ4n) is 3.45. The van der Waals surface area contributed by atoms with Crippen molar-refractivity contribution in [1.29, 1.82) is 0 Å². The highest BCUT2D eigenvalue weighted by Crippen LogP contribution is 2.39. The van der Waals surface area contributed by atoms with Gasteiger partial charge in [-0.3, -0.25) is 9.88 Å². The highest BCUT2D eigenvalue weighted by Gasteiger charge is 2.34. The van der Waals surface area contributed by atoms with Crippen LogP contribution < -0.4 is 5.73 Å². The molecule has 1 aromatic carbocycles. The molecule has 21 heavy (non-hydrogen) atoms. The maximum Gasteiger partial charge on any atom is 0.0675 e. The van der Waals surface area contributed by atoms with Crippen molar-refractivity contribution in [3.63, 3.8) is 0 Å². The Bertz CT molecular complexity index is 553. The van der Waals surface area contributed by atoms with E-state index in [-0.39, 0.29) is 12.1 Å². The summed E-state index contributed by atoms with van der Waals surface area (Å²) in [5, 5.41) is 0. The first-order valence-corrected chi connectivity index (χ1v) is 7.74. The summed E-state index contributed by atoms with van der Waals surface area (Å²) in [7, 11) is 0. The maximum atomic E-state index is 6.31. The van der Waals surface area contributed by atoms with Gasteiger partial charge in [0.15, 0.2) is 0 Å². The Hall–Kier alpha value is -1.71. The summed E-state index contributed by atoms with van der Waals surface area (Å²) in [5.41, 5.74) is 8.77. The van der Waals surface area contributed by atoms with Crippen molar-refractivity contribution in [1.82, 2.24) is 9.88 Å². The lowest BCUT2D eigenvalue weighted by Crippen LogP contribution is -2.39. The quantitative estimate of drug-likeness (QED) is 0.935. The van der Waals surface area contributed by atoms with E-state index in [2.05, 4.69) is 53.2 Å². The summed E-state index contributed by atoms with van der Waals surface area (Å²) < 4.78 is 0. The SMILES string of the molecule is CC(N)C(c1ccccn1)N1CCCC1c1ccccc1. The first-order valence-electron chi connectivity index (χ1n) is 7.74. The van der Waals surface area contributed by atoms with E-state index in [1.807, 2.05) is 18.3 Å². The molecule has 3 unspecified atom stereocenters. The Morgan fingerprint density at radius 3 is 2.57 bits per heavy atom. The second-order valence-corrected chi connectivity index (χ2v) is 5.87. The second-order valence-electron chi connectivity index (χ2n) is 5.87. The van der Waals surface area contributed by atoms with E-state index in [1.54, 1.807) is 0 Å². The van der Waals surface area contributed by atoms with Gasteiger partial charge in [-0.1, -0.05) is 36.4 Å². The summed E-state index contributed by atoms with van der Waals surface area (Å²) in [4.78, 5) is 7.08. The van der Waals surface area contributed by atoms with Gasteiger partial charge in [0.25, 0.3) is 0 Å². The monoisotopic (exact) mass is 281 g/mol. The molecule has 0 amide bonds. The van der Waals surface area contributed by atoms with Crippen molar-refractivity contribution in [2.24, 2.45) is 5.73 Å². The molecule has 3 heteroatoms. The summed E-state index contributed by atoms with van der Waals surface area (Å²) in [6, 6.07) is 17.5. The van der Waals surface area contributed by atoms with Crippen LogP contribution in [0.15, 0.2) is 54.7 Å². The summed E-state index contributed by atoms with van der Waals surface area (Å²) in [6.07, 6.45) is 4.27. The standard InChI is InChI=1S/C18H23N3/c1-14(19)18(16-10-5-6-12-20-16)21-13-7-11-17(21)15-8-3-2-4-9-15/h2-6,8-10,12,14,17-18H,7,11,13,19H2,1H3. The molecule has 3 nitrogen and oxygen atoms in total. The first-order chi connectivity index (χ1) is 10.3. The average molecular weight is 281 g/mol. The Morgan fingerprint density at radius 1 is 1.14 bits per heavy atom. The zero-order valence-electron chi connectivity index (χ0n) is 12.5. The number of aromatic nitrogens is 1. The summed E-state index contributed by atoms with van der Waals surface area (Å²) in [6.45, 7) is 3.17. The van der Waals surface area contributed by atoms with Crippen molar-refractivity contribution in [3.8, 4) is 0 Å². The smallest absolute Gasteiger partial charge is 0.0675 e. The number of pyridine rings is 1. The van der Waals surface area contributed by atoms with Gasteiger partial charge in [-0.2, -0.15) is 0 Å². The van der Waals surface area contributed by atoms with Crippen LogP contribution in [0, 0.1) is 0 Å². The molecule has 2 N–H and O–H groups in total. The van der Waals surface area contributed by atoms with E-state index in [4.69, 9.17) is 5.73 Å². The Labute approximate surface area is 126 Å². The molecule has 2 heterocycles. The molecule has 1 aromatic heterocycles. The molecule has 0 bridgehead atoms. The van der Waals surface area contributed by atoms with Crippen LogP contribution in [0.4, 0.5) is 0 Å². The normalized spacial score (nSPS) is 22.1. The number of benzene rings is 1. The van der Waals surface area contributed by atoms with Crippen LogP contribution in [0.1, 0.15) is 43.1 Å². The number of hydrogen-bond donors (Lipinski definition) is 1. The van der Waals surface area contributed by atoms with E-state index in [1.165, 1.54) is 18.4 Å². The van der Waals surface area contributed by atoms with Crippen molar-refractivity contribution < 1.29 is 0 Å². The molecule has 2 aromatic rings. The van der Waals surface area contributed by atoms with Crippen LogP contribution in [0.25, 0.3) is 0 Å². The van der Waals surface area contributed by atoms with Crippen molar-refractivity contribution in [2.45, 2.75) is 37.9 Å². The Morgan fingerprint density at radius 2 is 1.90 bits per heavy atom. The van der Waals surface area contributed by atoms with Gasteiger partial charge in [0.2, 0.25) is 0 Å². The molecule has 0 saturated carbocycles. The highest BCUT2D eigenvalue weighted by atomic mass is 15.2. The minimum atomic E-state index is 0.0595. The third-order valence-electron chi connectivity index (χ3n) is 4.32. The first kappa shape index (κ1) is 14.2. The molecule has 0 spiro atoms. The van der Waals surface area contributed by atoms with Gasteiger partial charge >= 0.3 is 0 Å². The number of rotatable bonds is 4. The van der Waals surface area contributed by atoms with Gasteiger partial charge in [-0.15, -0.1) is 0 Å². The van der Waals surface area contributed by atoms with Crippen LogP contribution in [-0.2, 0) is 0 Å². The van der Waals surface area contributed by atoms with Crippen LogP contribution in [0.2, 0.25) is 0 Å². The largest absolute Gasteiger partial charge is 0.326 e. The molecular formula is C18H23N3. The third-order valence-corrected chi connectivity index (χ3v) is 4.32. The lowest BCUT2D eigenvalue weighted by atomic mass is 9.99. The molecular weight excluding hydrogens is 258 g/mol. The molecule has 3 rings (SSSR count). The van der Waals surface area contributed by atoms with E-state index in [0.29, 0.717) is 6.04 Å². The molecule has 1 fully saturated rings. The highest BCUT2D eigenvalue weighted by molar-refractivity contribution is 5.22. The van der Waals surface area contributed by atoms with Crippen LogP contribution in [0.5, 0.6) is 0 Å². The molecule has 1 saturated heterocycles. The molecule has 3 atom stereocenters. The molecule has 110 valence electrons. The molecule has 1 aliphatic rings. The fraction of sp³-hybridized carbons (Fsp3) is 0.389. The zero-order valence-corrected chi connectivity index (χ0v) is 12.5. The van der Waals surface area contributed by atoms with Crippen LogP contribution in [-0.4, -0.2) is 22.5 Å². The fourth-order valence-corrected chi connectivity index (χ4v) is 3.45. The minimum Gasteiger partial charge on any atom is -0.326 e. The van der Waals surface area contributed by atoms with Gasteiger partial charge < -0.3 is 5.73 Å². The lowest BCUT2D eigenvalue weighted by molar-refractivity contribution is 0.157. The topological polar surface area (TPSA) is 42.1 Å². The molecule has 1 aliphatic heterocycles. The van der Waals surface area contributed by atoms with E-state index < -0.39 is 0 Å². The van der Waals surface area contributed by atoms with Crippen molar-refractivity contribution in [2.75, 3.05) is 6.54 Å².